The zero-order chi connectivity index (χ0) is 16.1. The van der Waals surface area contributed by atoms with Crippen molar-refractivity contribution in [2.75, 3.05) is 6.54 Å². The van der Waals surface area contributed by atoms with E-state index in [4.69, 9.17) is 4.74 Å². The number of hydrogen-bond donors (Lipinski definition) is 2. The highest BCUT2D eigenvalue weighted by atomic mass is 16.5. The average Bonchev–Trinajstić information content (AvgIpc) is 2.51. The number of nitrogens with one attached hydrogen (secondary N) is 2. The molecule has 2 N–H and O–H groups in total. The molecule has 1 atom stereocenters. The van der Waals surface area contributed by atoms with Gasteiger partial charge in [-0.1, -0.05) is 25.1 Å². The number of hydrogen-bond acceptors (Lipinski definition) is 4. The number of esters is 1. The fourth-order valence-corrected chi connectivity index (χ4v) is 2.04. The number of pyridine rings is 1. The fourth-order valence-electron chi connectivity index (χ4n) is 2.04. The molecule has 0 aliphatic rings. The lowest BCUT2D eigenvalue weighted by atomic mass is 10.1. The maximum atomic E-state index is 12.2. The Morgan fingerprint density at radius 1 is 1.32 bits per heavy atom. The maximum absolute atomic E-state index is 12.2. The molecule has 1 aromatic heterocycles. The van der Waals surface area contributed by atoms with Crippen molar-refractivity contribution in [1.82, 2.24) is 10.3 Å². The zero-order valence-electron chi connectivity index (χ0n) is 12.5. The molecular weight excluding hydrogens is 284 g/mol. The number of fused-ring (bicyclic) bond motifs is 1. The SMILES string of the molecule is CCCNC(=O)C(C)OC(=O)c1cc(=O)[nH]c2ccccc12. The minimum absolute atomic E-state index is 0.148. The first-order valence-electron chi connectivity index (χ1n) is 7.13. The molecule has 6 heteroatoms. The van der Waals surface area contributed by atoms with Crippen molar-refractivity contribution in [2.24, 2.45) is 0 Å². The topological polar surface area (TPSA) is 88.3 Å². The Morgan fingerprint density at radius 3 is 2.77 bits per heavy atom. The van der Waals surface area contributed by atoms with Crippen molar-refractivity contribution in [3.63, 3.8) is 0 Å². The smallest absolute Gasteiger partial charge is 0.339 e. The Morgan fingerprint density at radius 2 is 2.05 bits per heavy atom. The van der Waals surface area contributed by atoms with Crippen LogP contribution in [0.1, 0.15) is 30.6 Å². The number of aromatic nitrogens is 1. The molecule has 0 aliphatic heterocycles. The van der Waals surface area contributed by atoms with E-state index in [1.54, 1.807) is 24.3 Å². The Balaban J connectivity index is 2.23. The van der Waals surface area contributed by atoms with Gasteiger partial charge in [0.25, 0.3) is 5.91 Å². The van der Waals surface area contributed by atoms with Crippen molar-refractivity contribution < 1.29 is 14.3 Å². The van der Waals surface area contributed by atoms with E-state index >= 15 is 0 Å². The van der Waals surface area contributed by atoms with Gasteiger partial charge in [0.05, 0.1) is 5.56 Å². The van der Waals surface area contributed by atoms with Crippen molar-refractivity contribution in [3.05, 3.63) is 46.2 Å². The van der Waals surface area contributed by atoms with Crippen molar-refractivity contribution in [3.8, 4) is 0 Å². The molecule has 2 rings (SSSR count). The van der Waals surface area contributed by atoms with Gasteiger partial charge in [-0.25, -0.2) is 4.79 Å². The van der Waals surface area contributed by atoms with E-state index in [-0.39, 0.29) is 11.5 Å². The lowest BCUT2D eigenvalue weighted by Crippen LogP contribution is -2.36. The molecule has 0 spiro atoms. The molecule has 0 radical (unpaired) electrons. The summed E-state index contributed by atoms with van der Waals surface area (Å²) in [5.41, 5.74) is 0.299. The molecule has 1 aromatic carbocycles. The van der Waals surface area contributed by atoms with E-state index in [0.717, 1.165) is 6.42 Å². The Hall–Kier alpha value is -2.63. The number of carbonyl (C=O) groups excluding carboxylic acids is 2. The highest BCUT2D eigenvalue weighted by Crippen LogP contribution is 2.16. The minimum atomic E-state index is -0.919. The van der Waals surface area contributed by atoms with Crippen LogP contribution in [-0.2, 0) is 9.53 Å². The van der Waals surface area contributed by atoms with E-state index in [2.05, 4.69) is 10.3 Å². The molecule has 2 aromatic rings. The highest BCUT2D eigenvalue weighted by molar-refractivity contribution is 6.03. The van der Waals surface area contributed by atoms with Crippen LogP contribution in [0.3, 0.4) is 0 Å². The molecule has 22 heavy (non-hydrogen) atoms. The number of ether oxygens (including phenoxy) is 1. The summed E-state index contributed by atoms with van der Waals surface area (Å²) in [6, 6.07) is 8.11. The average molecular weight is 302 g/mol. The molecule has 6 nitrogen and oxygen atoms in total. The molecule has 1 unspecified atom stereocenters. The normalized spacial score (nSPS) is 11.9. The molecule has 1 amide bonds. The fraction of sp³-hybridized carbons (Fsp3) is 0.312. The first kappa shape index (κ1) is 15.8. The van der Waals surface area contributed by atoms with Crippen LogP contribution < -0.4 is 10.9 Å². The van der Waals surface area contributed by atoms with Crippen molar-refractivity contribution in [1.29, 1.82) is 0 Å². The van der Waals surface area contributed by atoms with E-state index in [0.29, 0.717) is 17.4 Å². The second-order valence-corrected chi connectivity index (χ2v) is 4.93. The van der Waals surface area contributed by atoms with E-state index in [9.17, 15) is 14.4 Å². The molecule has 1 heterocycles. The third kappa shape index (κ3) is 3.52. The standard InChI is InChI=1S/C16H18N2O4/c1-3-8-17-15(20)10(2)22-16(21)12-9-14(19)18-13-7-5-4-6-11(12)13/h4-7,9-10H,3,8H2,1-2H3,(H,17,20)(H,18,19). The van der Waals surface area contributed by atoms with Crippen LogP contribution in [0.15, 0.2) is 35.1 Å². The summed E-state index contributed by atoms with van der Waals surface area (Å²) in [5.74, 6) is -1.05. The van der Waals surface area contributed by atoms with Crippen LogP contribution >= 0.6 is 0 Å². The second-order valence-electron chi connectivity index (χ2n) is 4.93. The van der Waals surface area contributed by atoms with Crippen molar-refractivity contribution in [2.45, 2.75) is 26.4 Å². The first-order valence-corrected chi connectivity index (χ1v) is 7.13. The third-order valence-electron chi connectivity index (χ3n) is 3.17. The first-order chi connectivity index (χ1) is 10.5. The summed E-state index contributed by atoms with van der Waals surface area (Å²) in [6.45, 7) is 3.95. The highest BCUT2D eigenvalue weighted by Gasteiger charge is 2.20. The van der Waals surface area contributed by atoms with Gasteiger partial charge in [-0.3, -0.25) is 9.59 Å². The van der Waals surface area contributed by atoms with Crippen LogP contribution in [0.4, 0.5) is 0 Å². The number of H-pyrrole nitrogens is 1. The van der Waals surface area contributed by atoms with Crippen LogP contribution in [0, 0.1) is 0 Å². The second kappa shape index (κ2) is 6.89. The van der Waals surface area contributed by atoms with Crippen molar-refractivity contribution >= 4 is 22.8 Å². The number of amides is 1. The molecule has 0 bridgehead atoms. The molecule has 0 aliphatic carbocycles. The number of carbonyl (C=O) groups is 2. The monoisotopic (exact) mass is 302 g/mol. The summed E-state index contributed by atoms with van der Waals surface area (Å²) < 4.78 is 5.15. The predicted molar refractivity (Wildman–Crippen MR) is 82.7 cm³/mol. The maximum Gasteiger partial charge on any atom is 0.339 e. The van der Waals surface area contributed by atoms with E-state index in [1.165, 1.54) is 13.0 Å². The van der Waals surface area contributed by atoms with Gasteiger partial charge in [0, 0.05) is 23.5 Å². The van der Waals surface area contributed by atoms with Gasteiger partial charge in [0.2, 0.25) is 5.56 Å². The Kier molecular flexibility index (Phi) is 4.93. The Bertz CT molecular complexity index is 751. The molecule has 116 valence electrons. The van der Waals surface area contributed by atoms with Gasteiger partial charge >= 0.3 is 5.97 Å². The Labute approximate surface area is 127 Å². The van der Waals surface area contributed by atoms with Gasteiger partial charge in [-0.15, -0.1) is 0 Å². The third-order valence-corrected chi connectivity index (χ3v) is 3.17. The number of aromatic amines is 1. The van der Waals surface area contributed by atoms with E-state index < -0.39 is 17.6 Å². The summed E-state index contributed by atoms with van der Waals surface area (Å²) in [7, 11) is 0. The largest absolute Gasteiger partial charge is 0.449 e. The summed E-state index contributed by atoms with van der Waals surface area (Å²) in [6.07, 6.45) is -0.123. The van der Waals surface area contributed by atoms with Crippen LogP contribution in [-0.4, -0.2) is 29.5 Å². The lowest BCUT2D eigenvalue weighted by molar-refractivity contribution is -0.129. The molecule has 0 saturated carbocycles. The van der Waals surface area contributed by atoms with Gasteiger partial charge in [-0.2, -0.15) is 0 Å². The van der Waals surface area contributed by atoms with E-state index in [1.807, 2.05) is 6.92 Å². The number of rotatable bonds is 5. The van der Waals surface area contributed by atoms with Crippen LogP contribution in [0.25, 0.3) is 10.9 Å². The van der Waals surface area contributed by atoms with Crippen LogP contribution in [0.5, 0.6) is 0 Å². The van der Waals surface area contributed by atoms with Gasteiger partial charge in [0.1, 0.15) is 0 Å². The van der Waals surface area contributed by atoms with Gasteiger partial charge in [0.15, 0.2) is 6.10 Å². The quantitative estimate of drug-likeness (QED) is 0.821. The van der Waals surface area contributed by atoms with Crippen LogP contribution in [0.2, 0.25) is 0 Å². The minimum Gasteiger partial charge on any atom is -0.449 e. The van der Waals surface area contributed by atoms with Gasteiger partial charge < -0.3 is 15.0 Å². The van der Waals surface area contributed by atoms with Gasteiger partial charge in [-0.05, 0) is 19.4 Å². The summed E-state index contributed by atoms with van der Waals surface area (Å²) >= 11 is 0. The predicted octanol–water partition coefficient (Wildman–Crippen LogP) is 1.60. The zero-order valence-corrected chi connectivity index (χ0v) is 12.5. The number of para-hydroxylation sites is 1. The molecule has 0 fully saturated rings. The summed E-state index contributed by atoms with van der Waals surface area (Å²) in [5, 5.41) is 3.23. The molecular formula is C16H18N2O4. The summed E-state index contributed by atoms with van der Waals surface area (Å²) in [4.78, 5) is 38.3. The number of benzene rings is 1. The lowest BCUT2D eigenvalue weighted by Gasteiger charge is -2.13. The molecule has 0 saturated heterocycles.